The molecule has 1 heterocycles. The van der Waals surface area contributed by atoms with Crippen LogP contribution in [0.1, 0.15) is 5.69 Å². The largest absolute Gasteiger partial charge is 0.464 e. The minimum absolute atomic E-state index is 0.503. The first kappa shape index (κ1) is 11.2. The van der Waals surface area contributed by atoms with E-state index in [0.717, 1.165) is 18.3 Å². The lowest BCUT2D eigenvalue weighted by atomic mass is 10.5. The maximum atomic E-state index is 5.48. The Kier molecular flexibility index (Phi) is 3.63. The molecule has 0 aliphatic rings. The zero-order valence-corrected chi connectivity index (χ0v) is 10.4. The number of aromatic nitrogens is 2. The number of ether oxygens (including phenoxy) is 1. The topological polar surface area (TPSA) is 35.0 Å². The summed E-state index contributed by atoms with van der Waals surface area (Å²) in [5, 5.41) is 0. The van der Waals surface area contributed by atoms with E-state index in [9.17, 15) is 0 Å². The Bertz CT molecular complexity index is 296. The minimum Gasteiger partial charge on any atom is -0.464 e. The molecule has 0 saturated heterocycles. The van der Waals surface area contributed by atoms with Crippen LogP contribution in [0, 0.1) is 6.92 Å². The Hall–Kier alpha value is -0.903. The van der Waals surface area contributed by atoms with Crippen molar-refractivity contribution >= 4 is 8.07 Å². The van der Waals surface area contributed by atoms with Gasteiger partial charge in [0.25, 0.3) is 0 Å². The van der Waals surface area contributed by atoms with Gasteiger partial charge in [-0.25, -0.2) is 9.97 Å². The third-order valence-electron chi connectivity index (χ3n) is 1.86. The maximum Gasteiger partial charge on any atom is 0.316 e. The summed E-state index contributed by atoms with van der Waals surface area (Å²) in [6, 6.07) is 3.51. The van der Waals surface area contributed by atoms with Crippen molar-refractivity contribution in [1.82, 2.24) is 9.97 Å². The second kappa shape index (κ2) is 4.55. The molecular weight excluding hydrogens is 192 g/mol. The highest BCUT2D eigenvalue weighted by Gasteiger charge is 2.12. The van der Waals surface area contributed by atoms with E-state index in [0.29, 0.717) is 6.01 Å². The van der Waals surface area contributed by atoms with E-state index in [-0.39, 0.29) is 0 Å². The van der Waals surface area contributed by atoms with Gasteiger partial charge in [0, 0.05) is 20.0 Å². The van der Waals surface area contributed by atoms with Crippen LogP contribution < -0.4 is 4.74 Å². The summed E-state index contributed by atoms with van der Waals surface area (Å²) >= 11 is 0. The SMILES string of the molecule is Cc1ccnc(OCC[Si](C)(C)C)n1. The molecule has 0 atom stereocenters. The van der Waals surface area contributed by atoms with Gasteiger partial charge in [0.15, 0.2) is 0 Å². The molecule has 14 heavy (non-hydrogen) atoms. The monoisotopic (exact) mass is 210 g/mol. The third kappa shape index (κ3) is 4.37. The lowest BCUT2D eigenvalue weighted by Gasteiger charge is -2.15. The van der Waals surface area contributed by atoms with Crippen molar-refractivity contribution in [3.05, 3.63) is 18.0 Å². The predicted molar refractivity (Wildman–Crippen MR) is 60.4 cm³/mol. The van der Waals surface area contributed by atoms with Crippen LogP contribution in [0.15, 0.2) is 12.3 Å². The summed E-state index contributed by atoms with van der Waals surface area (Å²) in [6.45, 7) is 9.65. The maximum absolute atomic E-state index is 5.48. The third-order valence-corrected chi connectivity index (χ3v) is 3.56. The first-order valence-corrected chi connectivity index (χ1v) is 8.60. The Labute approximate surface area is 86.6 Å². The van der Waals surface area contributed by atoms with Gasteiger partial charge in [-0.15, -0.1) is 0 Å². The van der Waals surface area contributed by atoms with E-state index in [4.69, 9.17) is 4.74 Å². The highest BCUT2D eigenvalue weighted by atomic mass is 28.3. The molecule has 0 amide bonds. The highest BCUT2D eigenvalue weighted by Crippen LogP contribution is 2.09. The van der Waals surface area contributed by atoms with Gasteiger partial charge in [-0.1, -0.05) is 19.6 Å². The molecule has 1 aromatic heterocycles. The van der Waals surface area contributed by atoms with Crippen LogP contribution in [-0.2, 0) is 0 Å². The van der Waals surface area contributed by atoms with Gasteiger partial charge in [-0.2, -0.15) is 0 Å². The molecule has 0 spiro atoms. The van der Waals surface area contributed by atoms with Crippen molar-refractivity contribution in [2.45, 2.75) is 32.6 Å². The second-order valence-corrected chi connectivity index (χ2v) is 10.3. The van der Waals surface area contributed by atoms with Gasteiger partial charge in [0.1, 0.15) is 0 Å². The Morgan fingerprint density at radius 3 is 2.64 bits per heavy atom. The Morgan fingerprint density at radius 1 is 1.36 bits per heavy atom. The molecule has 4 heteroatoms. The summed E-state index contributed by atoms with van der Waals surface area (Å²) in [6.07, 6.45) is 1.73. The summed E-state index contributed by atoms with van der Waals surface area (Å²) in [7, 11) is -1.01. The lowest BCUT2D eigenvalue weighted by Crippen LogP contribution is -2.22. The van der Waals surface area contributed by atoms with Gasteiger partial charge in [-0.3, -0.25) is 0 Å². The molecule has 0 fully saturated rings. The van der Waals surface area contributed by atoms with Crippen LogP contribution >= 0.6 is 0 Å². The molecule has 0 unspecified atom stereocenters. The molecule has 0 aliphatic heterocycles. The first-order chi connectivity index (χ1) is 6.47. The first-order valence-electron chi connectivity index (χ1n) is 4.90. The molecule has 1 aromatic rings. The fourth-order valence-electron chi connectivity index (χ4n) is 0.944. The van der Waals surface area contributed by atoms with Crippen molar-refractivity contribution < 1.29 is 4.74 Å². The summed E-state index contributed by atoms with van der Waals surface area (Å²) in [5.41, 5.74) is 0.947. The molecule has 78 valence electrons. The molecular formula is C10H18N2OSi. The fraction of sp³-hybridized carbons (Fsp3) is 0.600. The van der Waals surface area contributed by atoms with Gasteiger partial charge in [-0.05, 0) is 19.0 Å². The molecule has 0 radical (unpaired) electrons. The van der Waals surface area contributed by atoms with Crippen LogP contribution in [0.3, 0.4) is 0 Å². The quantitative estimate of drug-likeness (QED) is 0.716. The van der Waals surface area contributed by atoms with Crippen LogP contribution in [0.2, 0.25) is 25.7 Å². The molecule has 0 saturated carbocycles. The summed E-state index contributed by atoms with van der Waals surface area (Å²) in [4.78, 5) is 8.22. The van der Waals surface area contributed by atoms with Gasteiger partial charge < -0.3 is 4.74 Å². The van der Waals surface area contributed by atoms with Crippen molar-refractivity contribution in [3.8, 4) is 6.01 Å². The molecule has 3 nitrogen and oxygen atoms in total. The minimum atomic E-state index is -1.01. The second-order valence-electron chi connectivity index (χ2n) is 4.64. The molecule has 0 aliphatic carbocycles. The standard InChI is InChI=1S/C10H18N2OSi/c1-9-5-6-11-10(12-9)13-7-8-14(2,3)4/h5-6H,7-8H2,1-4H3. The number of aryl methyl sites for hydroxylation is 1. The van der Waals surface area contributed by atoms with E-state index in [1.165, 1.54) is 0 Å². The van der Waals surface area contributed by atoms with Crippen molar-refractivity contribution in [2.24, 2.45) is 0 Å². The van der Waals surface area contributed by atoms with Gasteiger partial charge in [0.2, 0.25) is 0 Å². The van der Waals surface area contributed by atoms with Crippen LogP contribution in [0.25, 0.3) is 0 Å². The number of hydrogen-bond acceptors (Lipinski definition) is 3. The van der Waals surface area contributed by atoms with E-state index in [1.54, 1.807) is 6.20 Å². The summed E-state index contributed by atoms with van der Waals surface area (Å²) in [5.74, 6) is 0. The predicted octanol–water partition coefficient (Wildman–Crippen LogP) is 2.50. The van der Waals surface area contributed by atoms with Crippen LogP contribution in [0.5, 0.6) is 6.01 Å². The lowest BCUT2D eigenvalue weighted by molar-refractivity contribution is 0.310. The Morgan fingerprint density at radius 2 is 2.07 bits per heavy atom. The van der Waals surface area contributed by atoms with Crippen LogP contribution in [0.4, 0.5) is 0 Å². The molecule has 0 bridgehead atoms. The highest BCUT2D eigenvalue weighted by molar-refractivity contribution is 6.76. The molecule has 0 aromatic carbocycles. The number of hydrogen-bond donors (Lipinski definition) is 0. The smallest absolute Gasteiger partial charge is 0.316 e. The zero-order valence-electron chi connectivity index (χ0n) is 9.37. The van der Waals surface area contributed by atoms with Crippen molar-refractivity contribution in [2.75, 3.05) is 6.61 Å². The Balaban J connectivity index is 2.39. The van der Waals surface area contributed by atoms with Gasteiger partial charge >= 0.3 is 6.01 Å². The van der Waals surface area contributed by atoms with Gasteiger partial charge in [0.05, 0.1) is 6.61 Å². The van der Waals surface area contributed by atoms with Crippen molar-refractivity contribution in [1.29, 1.82) is 0 Å². The zero-order chi connectivity index (χ0) is 10.6. The van der Waals surface area contributed by atoms with E-state index >= 15 is 0 Å². The number of nitrogens with zero attached hydrogens (tertiary/aromatic N) is 2. The fourth-order valence-corrected chi connectivity index (χ4v) is 1.66. The number of rotatable bonds is 4. The summed E-state index contributed by atoms with van der Waals surface area (Å²) < 4.78 is 5.48. The van der Waals surface area contributed by atoms with E-state index in [1.807, 2.05) is 13.0 Å². The normalized spacial score (nSPS) is 11.4. The average Bonchev–Trinajstić information content (AvgIpc) is 2.01. The average molecular weight is 210 g/mol. The van der Waals surface area contributed by atoms with E-state index in [2.05, 4.69) is 29.6 Å². The molecule has 1 rings (SSSR count). The van der Waals surface area contributed by atoms with Crippen molar-refractivity contribution in [3.63, 3.8) is 0 Å². The van der Waals surface area contributed by atoms with E-state index < -0.39 is 8.07 Å². The molecule has 0 N–H and O–H groups in total. The van der Waals surface area contributed by atoms with Crippen LogP contribution in [-0.4, -0.2) is 24.6 Å².